The summed E-state index contributed by atoms with van der Waals surface area (Å²) in [6.07, 6.45) is 2.42. The number of nitrogens with zero attached hydrogens (tertiary/aromatic N) is 1. The minimum Gasteiger partial charge on any atom is -0.496 e. The summed E-state index contributed by atoms with van der Waals surface area (Å²) in [7, 11) is 4.89. The van der Waals surface area contributed by atoms with Crippen LogP contribution in [0.3, 0.4) is 0 Å². The van der Waals surface area contributed by atoms with Gasteiger partial charge in [-0.15, -0.1) is 0 Å². The van der Waals surface area contributed by atoms with E-state index < -0.39 is 0 Å². The summed E-state index contributed by atoms with van der Waals surface area (Å²) in [5.74, 6) is 2.94. The second-order valence-corrected chi connectivity index (χ2v) is 5.12. The minimum atomic E-state index is 0.471. The number of rotatable bonds is 7. The molecule has 6 heteroatoms. The van der Waals surface area contributed by atoms with Crippen molar-refractivity contribution in [2.75, 3.05) is 27.9 Å². The lowest BCUT2D eigenvalue weighted by molar-refractivity contribution is 0.369. The molecule has 6 nitrogen and oxygen atoms in total. The Labute approximate surface area is 131 Å². The topological polar surface area (TPSA) is 64.1 Å². The highest BCUT2D eigenvalue weighted by Gasteiger charge is 2.22. The number of methoxy groups -OCH3 is 3. The molecule has 0 amide bonds. The van der Waals surface area contributed by atoms with Crippen LogP contribution in [0, 0.1) is 0 Å². The number of hydrogen-bond acceptors (Lipinski definition) is 4. The lowest BCUT2D eigenvalue weighted by Gasteiger charge is -2.15. The van der Waals surface area contributed by atoms with Gasteiger partial charge in [-0.25, -0.2) is 4.99 Å². The molecular weight excluding hydrogens is 282 g/mol. The second kappa shape index (κ2) is 7.77. The van der Waals surface area contributed by atoms with Gasteiger partial charge in [0.15, 0.2) is 5.96 Å². The van der Waals surface area contributed by atoms with Gasteiger partial charge in [-0.3, -0.25) is 0 Å². The summed E-state index contributed by atoms with van der Waals surface area (Å²) in [6.45, 7) is 3.35. The smallest absolute Gasteiger partial charge is 0.191 e. The molecule has 122 valence electrons. The van der Waals surface area contributed by atoms with E-state index in [1.807, 2.05) is 12.1 Å². The van der Waals surface area contributed by atoms with Gasteiger partial charge in [0.2, 0.25) is 0 Å². The number of guanidine groups is 1. The zero-order chi connectivity index (χ0) is 15.9. The van der Waals surface area contributed by atoms with Crippen LogP contribution in [0.4, 0.5) is 0 Å². The van der Waals surface area contributed by atoms with Gasteiger partial charge in [-0.1, -0.05) is 0 Å². The van der Waals surface area contributed by atoms with Crippen molar-refractivity contribution < 1.29 is 14.2 Å². The average Bonchev–Trinajstić information content (AvgIpc) is 3.35. The van der Waals surface area contributed by atoms with Crippen LogP contribution in [-0.4, -0.2) is 39.9 Å². The Morgan fingerprint density at radius 2 is 1.77 bits per heavy atom. The van der Waals surface area contributed by atoms with Crippen molar-refractivity contribution in [2.45, 2.75) is 32.4 Å². The number of benzene rings is 1. The lowest BCUT2D eigenvalue weighted by Crippen LogP contribution is -2.38. The molecule has 0 aromatic heterocycles. The highest BCUT2D eigenvalue weighted by Crippen LogP contribution is 2.34. The maximum absolute atomic E-state index is 5.45. The summed E-state index contributed by atoms with van der Waals surface area (Å²) in [5, 5.41) is 6.65. The Balaban J connectivity index is 2.21. The van der Waals surface area contributed by atoms with Gasteiger partial charge in [0.25, 0.3) is 0 Å². The van der Waals surface area contributed by atoms with E-state index in [0.717, 1.165) is 18.1 Å². The summed E-state index contributed by atoms with van der Waals surface area (Å²) in [5.41, 5.74) is 0.902. The Bertz CT molecular complexity index is 502. The third-order valence-corrected chi connectivity index (χ3v) is 3.47. The molecule has 1 aliphatic rings. The fraction of sp³-hybridized carbons (Fsp3) is 0.562. The van der Waals surface area contributed by atoms with Crippen LogP contribution in [-0.2, 0) is 6.54 Å². The Morgan fingerprint density at radius 1 is 1.14 bits per heavy atom. The maximum atomic E-state index is 5.45. The Morgan fingerprint density at radius 3 is 2.23 bits per heavy atom. The Hall–Kier alpha value is -2.11. The predicted molar refractivity (Wildman–Crippen MR) is 87.1 cm³/mol. The SMILES string of the molecule is CCNC(=NCc1c(OC)cc(OC)cc1OC)NC1CC1. The molecule has 0 aliphatic heterocycles. The molecule has 0 atom stereocenters. The van der Waals surface area contributed by atoms with Crippen LogP contribution in [0.2, 0.25) is 0 Å². The number of ether oxygens (including phenoxy) is 3. The molecule has 2 rings (SSSR count). The fourth-order valence-corrected chi connectivity index (χ4v) is 2.13. The normalized spacial score (nSPS) is 14.5. The van der Waals surface area contributed by atoms with Crippen molar-refractivity contribution >= 4 is 5.96 Å². The Kier molecular flexibility index (Phi) is 5.75. The highest BCUT2D eigenvalue weighted by molar-refractivity contribution is 5.80. The van der Waals surface area contributed by atoms with Gasteiger partial charge in [-0.2, -0.15) is 0 Å². The van der Waals surface area contributed by atoms with Gasteiger partial charge in [0, 0.05) is 24.7 Å². The molecule has 0 unspecified atom stereocenters. The molecule has 22 heavy (non-hydrogen) atoms. The lowest BCUT2D eigenvalue weighted by atomic mass is 10.1. The van der Waals surface area contributed by atoms with Crippen LogP contribution in [0.1, 0.15) is 25.3 Å². The monoisotopic (exact) mass is 307 g/mol. The minimum absolute atomic E-state index is 0.471. The van der Waals surface area contributed by atoms with E-state index in [0.29, 0.717) is 29.8 Å². The third kappa shape index (κ3) is 4.19. The molecule has 0 heterocycles. The van der Waals surface area contributed by atoms with E-state index in [4.69, 9.17) is 14.2 Å². The molecular formula is C16H25N3O3. The first-order valence-corrected chi connectivity index (χ1v) is 7.55. The first-order chi connectivity index (χ1) is 10.7. The fourth-order valence-electron chi connectivity index (χ4n) is 2.13. The second-order valence-electron chi connectivity index (χ2n) is 5.12. The van der Waals surface area contributed by atoms with Crippen molar-refractivity contribution in [1.29, 1.82) is 0 Å². The highest BCUT2D eigenvalue weighted by atomic mass is 16.5. The molecule has 0 bridgehead atoms. The molecule has 0 radical (unpaired) electrons. The summed E-state index contributed by atoms with van der Waals surface area (Å²) in [6, 6.07) is 4.24. The summed E-state index contributed by atoms with van der Waals surface area (Å²) < 4.78 is 16.2. The van der Waals surface area contributed by atoms with Gasteiger partial charge in [0.05, 0.1) is 33.4 Å². The third-order valence-electron chi connectivity index (χ3n) is 3.47. The zero-order valence-electron chi connectivity index (χ0n) is 13.7. The van der Waals surface area contributed by atoms with Crippen molar-refractivity contribution in [1.82, 2.24) is 10.6 Å². The molecule has 1 fully saturated rings. The predicted octanol–water partition coefficient (Wildman–Crippen LogP) is 1.93. The number of nitrogens with one attached hydrogen (secondary N) is 2. The van der Waals surface area contributed by atoms with Crippen LogP contribution < -0.4 is 24.8 Å². The van der Waals surface area contributed by atoms with Crippen molar-refractivity contribution in [3.8, 4) is 17.2 Å². The summed E-state index contributed by atoms with van der Waals surface area (Å²) in [4.78, 5) is 4.63. The molecule has 1 aromatic carbocycles. The standard InChI is InChI=1S/C16H25N3O3/c1-5-17-16(19-11-6-7-11)18-10-13-14(21-3)8-12(20-2)9-15(13)22-4/h8-9,11H,5-7,10H2,1-4H3,(H2,17,18,19). The van der Waals surface area contributed by atoms with Crippen LogP contribution in [0.15, 0.2) is 17.1 Å². The van der Waals surface area contributed by atoms with E-state index in [1.165, 1.54) is 12.8 Å². The van der Waals surface area contributed by atoms with Gasteiger partial charge in [-0.05, 0) is 19.8 Å². The van der Waals surface area contributed by atoms with Gasteiger partial charge in [0.1, 0.15) is 17.2 Å². The molecule has 2 N–H and O–H groups in total. The van der Waals surface area contributed by atoms with Crippen molar-refractivity contribution in [3.63, 3.8) is 0 Å². The maximum Gasteiger partial charge on any atom is 0.191 e. The number of hydrogen-bond donors (Lipinski definition) is 2. The molecule has 1 aliphatic carbocycles. The largest absolute Gasteiger partial charge is 0.496 e. The first-order valence-electron chi connectivity index (χ1n) is 7.55. The van der Waals surface area contributed by atoms with Crippen molar-refractivity contribution in [2.24, 2.45) is 4.99 Å². The van der Waals surface area contributed by atoms with Crippen LogP contribution in [0.25, 0.3) is 0 Å². The van der Waals surface area contributed by atoms with E-state index in [1.54, 1.807) is 21.3 Å². The van der Waals surface area contributed by atoms with E-state index in [-0.39, 0.29) is 0 Å². The summed E-state index contributed by atoms with van der Waals surface area (Å²) >= 11 is 0. The van der Waals surface area contributed by atoms with Crippen LogP contribution in [0.5, 0.6) is 17.2 Å². The molecule has 0 saturated heterocycles. The zero-order valence-corrected chi connectivity index (χ0v) is 13.7. The van der Waals surface area contributed by atoms with Gasteiger partial charge < -0.3 is 24.8 Å². The number of aliphatic imine (C=N–C) groups is 1. The van der Waals surface area contributed by atoms with Crippen molar-refractivity contribution in [3.05, 3.63) is 17.7 Å². The molecule has 1 saturated carbocycles. The van der Waals surface area contributed by atoms with E-state index in [9.17, 15) is 0 Å². The van der Waals surface area contributed by atoms with Crippen LogP contribution >= 0.6 is 0 Å². The van der Waals surface area contributed by atoms with E-state index in [2.05, 4.69) is 22.5 Å². The van der Waals surface area contributed by atoms with Gasteiger partial charge >= 0.3 is 0 Å². The first kappa shape index (κ1) is 16.3. The van der Waals surface area contributed by atoms with E-state index >= 15 is 0 Å². The molecule has 1 aromatic rings. The quantitative estimate of drug-likeness (QED) is 0.595. The molecule has 0 spiro atoms. The average molecular weight is 307 g/mol.